The Hall–Kier alpha value is -0.790. The van der Waals surface area contributed by atoms with Gasteiger partial charge >= 0.3 is 0 Å². The van der Waals surface area contributed by atoms with Crippen LogP contribution in [0.25, 0.3) is 0 Å². The third-order valence-corrected chi connectivity index (χ3v) is 1.20. The van der Waals surface area contributed by atoms with Crippen molar-refractivity contribution in [2.24, 2.45) is 5.92 Å². The minimum absolute atomic E-state index is 0.506. The Morgan fingerprint density at radius 2 is 2.18 bits per heavy atom. The molecule has 0 fully saturated rings. The van der Waals surface area contributed by atoms with Crippen molar-refractivity contribution >= 4 is 6.29 Å². The van der Waals surface area contributed by atoms with Gasteiger partial charge < -0.3 is 4.74 Å². The molecule has 0 unspecified atom stereocenters. The van der Waals surface area contributed by atoms with E-state index < -0.39 is 0 Å². The smallest absolute Gasteiger partial charge is 0.149 e. The van der Waals surface area contributed by atoms with E-state index in [0.29, 0.717) is 12.5 Å². The lowest BCUT2D eigenvalue weighted by atomic mass is 10.1. The standard InChI is InChI=1S/C9H16O2/c1-4-11-7-9(6-10)5-8(2)3/h6-8H,4-5H2,1-3H3. The van der Waals surface area contributed by atoms with Gasteiger partial charge in [0.25, 0.3) is 0 Å². The maximum Gasteiger partial charge on any atom is 0.149 e. The molecule has 0 bridgehead atoms. The van der Waals surface area contributed by atoms with Crippen molar-refractivity contribution in [1.29, 1.82) is 0 Å². The zero-order chi connectivity index (χ0) is 8.69. The SMILES string of the molecule is CCOC=C(C=O)CC(C)C. The lowest BCUT2D eigenvalue weighted by Gasteiger charge is -2.03. The summed E-state index contributed by atoms with van der Waals surface area (Å²) in [5.41, 5.74) is 0.738. The topological polar surface area (TPSA) is 26.3 Å². The highest BCUT2D eigenvalue weighted by Gasteiger charge is 1.99. The first-order valence-electron chi connectivity index (χ1n) is 3.96. The molecule has 0 rings (SSSR count). The average Bonchev–Trinajstić information content (AvgIpc) is 1.97. The number of hydrogen-bond acceptors (Lipinski definition) is 2. The second-order valence-electron chi connectivity index (χ2n) is 2.86. The normalized spacial score (nSPS) is 11.8. The molecular weight excluding hydrogens is 140 g/mol. The van der Waals surface area contributed by atoms with Crippen LogP contribution in [0.2, 0.25) is 0 Å². The van der Waals surface area contributed by atoms with Gasteiger partial charge in [-0.15, -0.1) is 0 Å². The van der Waals surface area contributed by atoms with Crippen molar-refractivity contribution in [3.8, 4) is 0 Å². The summed E-state index contributed by atoms with van der Waals surface area (Å²) in [6.45, 7) is 6.66. The summed E-state index contributed by atoms with van der Waals surface area (Å²) in [6, 6.07) is 0. The predicted octanol–water partition coefficient (Wildman–Crippen LogP) is 2.15. The van der Waals surface area contributed by atoms with Crippen LogP contribution >= 0.6 is 0 Å². The molecular formula is C9H16O2. The highest BCUT2D eigenvalue weighted by Crippen LogP contribution is 2.07. The van der Waals surface area contributed by atoms with Crippen LogP contribution in [-0.2, 0) is 9.53 Å². The number of hydrogen-bond donors (Lipinski definition) is 0. The summed E-state index contributed by atoms with van der Waals surface area (Å²) in [4.78, 5) is 10.4. The van der Waals surface area contributed by atoms with Crippen LogP contribution in [0.3, 0.4) is 0 Å². The van der Waals surface area contributed by atoms with Gasteiger partial charge in [-0.05, 0) is 19.3 Å². The van der Waals surface area contributed by atoms with Crippen molar-refractivity contribution in [3.63, 3.8) is 0 Å². The summed E-state index contributed by atoms with van der Waals surface area (Å²) < 4.78 is 4.99. The molecule has 0 saturated carbocycles. The van der Waals surface area contributed by atoms with E-state index in [2.05, 4.69) is 13.8 Å². The van der Waals surface area contributed by atoms with Gasteiger partial charge in [0.2, 0.25) is 0 Å². The van der Waals surface area contributed by atoms with Crippen molar-refractivity contribution in [2.75, 3.05) is 6.61 Å². The number of rotatable bonds is 5. The van der Waals surface area contributed by atoms with Gasteiger partial charge in [0, 0.05) is 5.57 Å². The molecule has 0 N–H and O–H groups in total. The molecule has 64 valence electrons. The van der Waals surface area contributed by atoms with E-state index in [4.69, 9.17) is 4.74 Å². The van der Waals surface area contributed by atoms with Crippen molar-refractivity contribution < 1.29 is 9.53 Å². The van der Waals surface area contributed by atoms with Gasteiger partial charge in [-0.25, -0.2) is 0 Å². The van der Waals surface area contributed by atoms with E-state index in [1.807, 2.05) is 6.92 Å². The fourth-order valence-corrected chi connectivity index (χ4v) is 0.786. The molecule has 2 heteroatoms. The average molecular weight is 156 g/mol. The predicted molar refractivity (Wildman–Crippen MR) is 45.2 cm³/mol. The highest BCUT2D eigenvalue weighted by molar-refractivity contribution is 5.72. The zero-order valence-electron chi connectivity index (χ0n) is 7.46. The Labute approximate surface area is 68.2 Å². The van der Waals surface area contributed by atoms with Crippen LogP contribution in [-0.4, -0.2) is 12.9 Å². The molecule has 0 aromatic heterocycles. The molecule has 0 aliphatic carbocycles. The van der Waals surface area contributed by atoms with Gasteiger partial charge in [0.05, 0.1) is 12.9 Å². The minimum atomic E-state index is 0.506. The first-order chi connectivity index (χ1) is 5.20. The summed E-state index contributed by atoms with van der Waals surface area (Å²) in [7, 11) is 0. The van der Waals surface area contributed by atoms with Gasteiger partial charge in [-0.1, -0.05) is 13.8 Å². The first kappa shape index (κ1) is 10.2. The zero-order valence-corrected chi connectivity index (χ0v) is 7.46. The second-order valence-corrected chi connectivity index (χ2v) is 2.86. The van der Waals surface area contributed by atoms with E-state index in [1.165, 1.54) is 0 Å². The largest absolute Gasteiger partial charge is 0.501 e. The molecule has 0 spiro atoms. The molecule has 2 nitrogen and oxygen atoms in total. The van der Waals surface area contributed by atoms with Crippen LogP contribution in [0.15, 0.2) is 11.8 Å². The quantitative estimate of drug-likeness (QED) is 0.346. The van der Waals surface area contributed by atoms with Crippen molar-refractivity contribution in [3.05, 3.63) is 11.8 Å². The molecule has 0 atom stereocenters. The Morgan fingerprint density at radius 1 is 1.55 bits per heavy atom. The molecule has 0 heterocycles. The Balaban J connectivity index is 3.83. The number of ether oxygens (including phenoxy) is 1. The summed E-state index contributed by atoms with van der Waals surface area (Å²) in [6.07, 6.45) is 3.20. The number of carbonyl (C=O) groups excluding carboxylic acids is 1. The van der Waals surface area contributed by atoms with Crippen LogP contribution < -0.4 is 0 Å². The van der Waals surface area contributed by atoms with Crippen LogP contribution in [0.1, 0.15) is 27.2 Å². The molecule has 0 radical (unpaired) electrons. The number of aldehydes is 1. The number of carbonyl (C=O) groups is 1. The van der Waals surface area contributed by atoms with E-state index in [9.17, 15) is 4.79 Å². The monoisotopic (exact) mass is 156 g/mol. The molecule has 0 aliphatic heterocycles. The number of allylic oxidation sites excluding steroid dienone is 1. The molecule has 0 saturated heterocycles. The molecule has 0 amide bonds. The lowest BCUT2D eigenvalue weighted by molar-refractivity contribution is -0.105. The van der Waals surface area contributed by atoms with Crippen molar-refractivity contribution in [1.82, 2.24) is 0 Å². The van der Waals surface area contributed by atoms with Gasteiger partial charge in [-0.2, -0.15) is 0 Å². The summed E-state index contributed by atoms with van der Waals surface area (Å²) >= 11 is 0. The van der Waals surface area contributed by atoms with E-state index in [1.54, 1.807) is 6.26 Å². The van der Waals surface area contributed by atoms with E-state index >= 15 is 0 Å². The minimum Gasteiger partial charge on any atom is -0.501 e. The lowest BCUT2D eigenvalue weighted by Crippen LogP contribution is -1.94. The highest BCUT2D eigenvalue weighted by atomic mass is 16.5. The Bertz CT molecular complexity index is 136. The second kappa shape index (κ2) is 5.96. The molecule has 11 heavy (non-hydrogen) atoms. The fraction of sp³-hybridized carbons (Fsp3) is 0.667. The van der Waals surface area contributed by atoms with Crippen molar-refractivity contribution in [2.45, 2.75) is 27.2 Å². The maximum atomic E-state index is 10.4. The molecule has 0 aliphatic rings. The first-order valence-corrected chi connectivity index (χ1v) is 3.96. The van der Waals surface area contributed by atoms with Gasteiger partial charge in [-0.3, -0.25) is 4.79 Å². The third-order valence-electron chi connectivity index (χ3n) is 1.20. The van der Waals surface area contributed by atoms with E-state index in [0.717, 1.165) is 18.3 Å². The Kier molecular flexibility index (Phi) is 5.53. The van der Waals surface area contributed by atoms with Gasteiger partial charge in [0.15, 0.2) is 0 Å². The Morgan fingerprint density at radius 3 is 2.55 bits per heavy atom. The maximum absolute atomic E-state index is 10.4. The van der Waals surface area contributed by atoms with Crippen LogP contribution in [0.4, 0.5) is 0 Å². The van der Waals surface area contributed by atoms with Gasteiger partial charge in [0.1, 0.15) is 6.29 Å². The van der Waals surface area contributed by atoms with Crippen LogP contribution in [0.5, 0.6) is 0 Å². The fourth-order valence-electron chi connectivity index (χ4n) is 0.786. The third kappa shape index (κ3) is 5.64. The van der Waals surface area contributed by atoms with E-state index in [-0.39, 0.29) is 0 Å². The molecule has 0 aromatic carbocycles. The summed E-state index contributed by atoms with van der Waals surface area (Å²) in [5, 5.41) is 0. The molecule has 0 aromatic rings. The van der Waals surface area contributed by atoms with Crippen LogP contribution in [0, 0.1) is 5.92 Å². The summed E-state index contributed by atoms with van der Waals surface area (Å²) in [5.74, 6) is 0.506.